The first-order chi connectivity index (χ1) is 8.49. The number of nitrogens with one attached hydrogen (secondary N) is 1. The van der Waals surface area contributed by atoms with Crippen molar-refractivity contribution in [2.75, 3.05) is 13.2 Å². The normalized spacial score (nSPS) is 30.1. The van der Waals surface area contributed by atoms with Crippen molar-refractivity contribution in [1.29, 1.82) is 0 Å². The Morgan fingerprint density at radius 2 is 2.33 bits per heavy atom. The van der Waals surface area contributed by atoms with Crippen LogP contribution in [0.5, 0.6) is 0 Å². The van der Waals surface area contributed by atoms with Crippen LogP contribution < -0.4 is 5.32 Å². The zero-order chi connectivity index (χ0) is 13.2. The number of aliphatic hydroxyl groups is 1. The summed E-state index contributed by atoms with van der Waals surface area (Å²) in [6.07, 6.45) is 0.904. The van der Waals surface area contributed by atoms with Crippen LogP contribution in [0.3, 0.4) is 0 Å². The first-order valence-corrected chi connectivity index (χ1v) is 7.44. The third-order valence-corrected chi connectivity index (χ3v) is 5.07. The SMILES string of the molecule is CCOC1CC(O)(CNCc2cccs2)C1(C)C. The third kappa shape index (κ3) is 2.48. The van der Waals surface area contributed by atoms with E-state index in [0.717, 1.165) is 13.0 Å². The molecule has 2 N–H and O–H groups in total. The standard InChI is InChI=1S/C14H23NO2S/c1-4-17-12-8-14(16,13(12,2)3)10-15-9-11-6-5-7-18-11/h5-7,12,15-16H,4,8-10H2,1-3H3. The van der Waals surface area contributed by atoms with Gasteiger partial charge < -0.3 is 15.2 Å². The van der Waals surface area contributed by atoms with Gasteiger partial charge in [-0.2, -0.15) is 0 Å². The van der Waals surface area contributed by atoms with E-state index in [9.17, 15) is 5.11 Å². The summed E-state index contributed by atoms with van der Waals surface area (Å²) in [6, 6.07) is 4.16. The van der Waals surface area contributed by atoms with Gasteiger partial charge in [0.15, 0.2) is 0 Å². The maximum absolute atomic E-state index is 10.6. The summed E-state index contributed by atoms with van der Waals surface area (Å²) in [4.78, 5) is 1.30. The van der Waals surface area contributed by atoms with Crippen LogP contribution in [0.1, 0.15) is 32.1 Å². The minimum absolute atomic E-state index is 0.175. The highest BCUT2D eigenvalue weighted by Crippen LogP contribution is 2.50. The quantitative estimate of drug-likeness (QED) is 0.833. The van der Waals surface area contributed by atoms with E-state index in [1.165, 1.54) is 4.88 Å². The molecule has 0 bridgehead atoms. The monoisotopic (exact) mass is 269 g/mol. The molecular formula is C14H23NO2S. The zero-order valence-electron chi connectivity index (χ0n) is 11.4. The fraction of sp³-hybridized carbons (Fsp3) is 0.714. The number of rotatable bonds is 6. The van der Waals surface area contributed by atoms with Gasteiger partial charge in [0.2, 0.25) is 0 Å². The van der Waals surface area contributed by atoms with Crippen molar-refractivity contribution < 1.29 is 9.84 Å². The molecule has 1 aromatic heterocycles. The number of hydrogen-bond donors (Lipinski definition) is 2. The summed E-state index contributed by atoms with van der Waals surface area (Å²) in [5.74, 6) is 0. The van der Waals surface area contributed by atoms with Crippen molar-refractivity contribution in [2.24, 2.45) is 5.41 Å². The molecule has 102 valence electrons. The van der Waals surface area contributed by atoms with Crippen LogP contribution in [0.25, 0.3) is 0 Å². The van der Waals surface area contributed by atoms with Gasteiger partial charge in [-0.1, -0.05) is 19.9 Å². The molecule has 1 aliphatic carbocycles. The average Bonchev–Trinajstić information content (AvgIpc) is 2.82. The van der Waals surface area contributed by atoms with Crippen LogP contribution in [0.4, 0.5) is 0 Å². The molecule has 2 unspecified atom stereocenters. The second-order valence-electron chi connectivity index (χ2n) is 5.58. The van der Waals surface area contributed by atoms with Crippen LogP contribution in [0.2, 0.25) is 0 Å². The summed E-state index contributed by atoms with van der Waals surface area (Å²) in [7, 11) is 0. The zero-order valence-corrected chi connectivity index (χ0v) is 12.2. The molecule has 1 fully saturated rings. The van der Waals surface area contributed by atoms with Crippen molar-refractivity contribution in [3.8, 4) is 0 Å². The van der Waals surface area contributed by atoms with Crippen LogP contribution >= 0.6 is 11.3 Å². The van der Waals surface area contributed by atoms with E-state index in [0.29, 0.717) is 13.2 Å². The first kappa shape index (κ1) is 14.0. The molecule has 4 heteroatoms. The molecule has 0 saturated heterocycles. The predicted molar refractivity (Wildman–Crippen MR) is 74.8 cm³/mol. The highest BCUT2D eigenvalue weighted by molar-refractivity contribution is 7.09. The molecule has 18 heavy (non-hydrogen) atoms. The molecule has 2 atom stereocenters. The lowest BCUT2D eigenvalue weighted by Gasteiger charge is -2.58. The Morgan fingerprint density at radius 1 is 1.56 bits per heavy atom. The molecule has 0 aliphatic heterocycles. The third-order valence-electron chi connectivity index (χ3n) is 4.19. The molecule has 0 spiro atoms. The van der Waals surface area contributed by atoms with Crippen molar-refractivity contribution in [1.82, 2.24) is 5.32 Å². The van der Waals surface area contributed by atoms with Gasteiger partial charge in [0.25, 0.3) is 0 Å². The van der Waals surface area contributed by atoms with Crippen LogP contribution in [-0.4, -0.2) is 30.0 Å². The van der Waals surface area contributed by atoms with Crippen molar-refractivity contribution >= 4 is 11.3 Å². The fourth-order valence-electron chi connectivity index (χ4n) is 2.57. The van der Waals surface area contributed by atoms with E-state index in [2.05, 4.69) is 36.7 Å². The van der Waals surface area contributed by atoms with Gasteiger partial charge in [0.1, 0.15) is 0 Å². The Morgan fingerprint density at radius 3 is 2.89 bits per heavy atom. The Hall–Kier alpha value is -0.420. The first-order valence-electron chi connectivity index (χ1n) is 6.56. The molecular weight excluding hydrogens is 246 g/mol. The maximum atomic E-state index is 10.6. The van der Waals surface area contributed by atoms with Gasteiger partial charge in [-0.05, 0) is 18.4 Å². The van der Waals surface area contributed by atoms with E-state index in [-0.39, 0.29) is 11.5 Å². The Bertz CT molecular complexity index is 377. The van der Waals surface area contributed by atoms with E-state index in [4.69, 9.17) is 4.74 Å². The Balaban J connectivity index is 1.82. The highest BCUT2D eigenvalue weighted by Gasteiger charge is 2.59. The lowest BCUT2D eigenvalue weighted by molar-refractivity contribution is -0.238. The smallest absolute Gasteiger partial charge is 0.0871 e. The molecule has 3 nitrogen and oxygen atoms in total. The molecule has 0 radical (unpaired) electrons. The second-order valence-corrected chi connectivity index (χ2v) is 6.62. The number of hydrogen-bond acceptors (Lipinski definition) is 4. The van der Waals surface area contributed by atoms with E-state index in [1.807, 2.05) is 6.92 Å². The van der Waals surface area contributed by atoms with E-state index >= 15 is 0 Å². The minimum Gasteiger partial charge on any atom is -0.388 e. The second kappa shape index (κ2) is 5.29. The van der Waals surface area contributed by atoms with Gasteiger partial charge in [-0.25, -0.2) is 0 Å². The van der Waals surface area contributed by atoms with Crippen LogP contribution in [0, 0.1) is 5.41 Å². The fourth-order valence-corrected chi connectivity index (χ4v) is 3.24. The van der Waals surface area contributed by atoms with Crippen molar-refractivity contribution in [2.45, 2.75) is 45.4 Å². The molecule has 0 amide bonds. The van der Waals surface area contributed by atoms with Crippen LogP contribution in [-0.2, 0) is 11.3 Å². The molecule has 1 heterocycles. The summed E-state index contributed by atoms with van der Waals surface area (Å²) < 4.78 is 5.66. The lowest BCUT2D eigenvalue weighted by atomic mass is 9.56. The Labute approximate surface area is 113 Å². The van der Waals surface area contributed by atoms with E-state index < -0.39 is 5.60 Å². The lowest BCUT2D eigenvalue weighted by Crippen LogP contribution is -2.68. The largest absolute Gasteiger partial charge is 0.388 e. The van der Waals surface area contributed by atoms with Gasteiger partial charge >= 0.3 is 0 Å². The van der Waals surface area contributed by atoms with Gasteiger partial charge in [-0.15, -0.1) is 11.3 Å². The summed E-state index contributed by atoms with van der Waals surface area (Å²) in [5.41, 5.74) is -0.824. The average molecular weight is 269 g/mol. The molecule has 0 aromatic carbocycles. The molecule has 1 saturated carbocycles. The summed E-state index contributed by atoms with van der Waals surface area (Å²) in [5, 5.41) is 16.1. The minimum atomic E-state index is -0.649. The number of ether oxygens (including phenoxy) is 1. The summed E-state index contributed by atoms with van der Waals surface area (Å²) in [6.45, 7) is 8.35. The molecule has 2 rings (SSSR count). The predicted octanol–water partition coefficient (Wildman–Crippen LogP) is 2.40. The Kier molecular flexibility index (Phi) is 4.11. The van der Waals surface area contributed by atoms with Gasteiger partial charge in [0, 0.05) is 36.4 Å². The van der Waals surface area contributed by atoms with Crippen LogP contribution in [0.15, 0.2) is 17.5 Å². The highest BCUT2D eigenvalue weighted by atomic mass is 32.1. The summed E-state index contributed by atoms with van der Waals surface area (Å²) >= 11 is 1.74. The maximum Gasteiger partial charge on any atom is 0.0871 e. The van der Waals surface area contributed by atoms with Gasteiger partial charge in [-0.3, -0.25) is 0 Å². The topological polar surface area (TPSA) is 41.5 Å². The van der Waals surface area contributed by atoms with Crippen molar-refractivity contribution in [3.63, 3.8) is 0 Å². The number of thiophene rings is 1. The van der Waals surface area contributed by atoms with Crippen molar-refractivity contribution in [3.05, 3.63) is 22.4 Å². The van der Waals surface area contributed by atoms with E-state index in [1.54, 1.807) is 11.3 Å². The van der Waals surface area contributed by atoms with Gasteiger partial charge in [0.05, 0.1) is 11.7 Å². The molecule has 1 aromatic rings. The molecule has 1 aliphatic rings.